The molecule has 0 atom stereocenters. The van der Waals surface area contributed by atoms with Gasteiger partial charge in [0.2, 0.25) is 0 Å². The normalized spacial score (nSPS) is 17.3. The summed E-state index contributed by atoms with van der Waals surface area (Å²) in [4.78, 5) is 0. The molecule has 1 aromatic rings. The van der Waals surface area contributed by atoms with E-state index in [-0.39, 0.29) is 11.4 Å². The van der Waals surface area contributed by atoms with E-state index >= 15 is 0 Å². The summed E-state index contributed by atoms with van der Waals surface area (Å²) in [6, 6.07) is 6.88. The number of hydrogen-bond acceptors (Lipinski definition) is 1. The predicted octanol–water partition coefficient (Wildman–Crippen LogP) is 3.75. The Morgan fingerprint density at radius 2 is 1.93 bits per heavy atom. The minimum Gasteiger partial charge on any atom is -0.206 e. The largest absolute Gasteiger partial charge is 0.206 e. The van der Waals surface area contributed by atoms with E-state index in [1.54, 1.807) is 6.07 Å². The molecule has 2 heteroatoms. The van der Waals surface area contributed by atoms with Crippen LogP contribution in [0.4, 0.5) is 4.39 Å². The van der Waals surface area contributed by atoms with Gasteiger partial charge in [0.15, 0.2) is 0 Å². The van der Waals surface area contributed by atoms with Crippen LogP contribution in [0.25, 0.3) is 0 Å². The Hall–Kier alpha value is -1.36. The SMILES string of the molecule is N#Cc1ccc(C2CCCCC2)cc1F. The predicted molar refractivity (Wildman–Crippen MR) is 56.9 cm³/mol. The van der Waals surface area contributed by atoms with Crippen molar-refractivity contribution in [2.45, 2.75) is 38.0 Å². The van der Waals surface area contributed by atoms with Crippen molar-refractivity contribution in [1.29, 1.82) is 5.26 Å². The number of nitrogens with zero attached hydrogens (tertiary/aromatic N) is 1. The second-order valence-corrected chi connectivity index (χ2v) is 4.19. The topological polar surface area (TPSA) is 23.8 Å². The van der Waals surface area contributed by atoms with E-state index in [2.05, 4.69) is 0 Å². The first-order valence-electron chi connectivity index (χ1n) is 5.51. The minimum atomic E-state index is -0.374. The smallest absolute Gasteiger partial charge is 0.141 e. The summed E-state index contributed by atoms with van der Waals surface area (Å²) >= 11 is 0. The van der Waals surface area contributed by atoms with Crippen LogP contribution in [-0.2, 0) is 0 Å². The minimum absolute atomic E-state index is 0.148. The molecule has 1 fully saturated rings. The molecule has 1 aromatic carbocycles. The van der Waals surface area contributed by atoms with E-state index in [4.69, 9.17) is 5.26 Å². The van der Waals surface area contributed by atoms with Crippen molar-refractivity contribution in [2.75, 3.05) is 0 Å². The van der Waals surface area contributed by atoms with Gasteiger partial charge < -0.3 is 0 Å². The maximum Gasteiger partial charge on any atom is 0.141 e. The van der Waals surface area contributed by atoms with Crippen LogP contribution in [0.15, 0.2) is 18.2 Å². The lowest BCUT2D eigenvalue weighted by Crippen LogP contribution is -2.05. The van der Waals surface area contributed by atoms with Crippen LogP contribution >= 0.6 is 0 Å². The fourth-order valence-electron chi connectivity index (χ4n) is 2.31. The maximum absolute atomic E-state index is 13.4. The Labute approximate surface area is 89.5 Å². The maximum atomic E-state index is 13.4. The number of benzene rings is 1. The summed E-state index contributed by atoms with van der Waals surface area (Å²) in [6.45, 7) is 0. The van der Waals surface area contributed by atoms with Crippen molar-refractivity contribution >= 4 is 0 Å². The molecule has 1 nitrogen and oxygen atoms in total. The van der Waals surface area contributed by atoms with Gasteiger partial charge in [0, 0.05) is 0 Å². The standard InChI is InChI=1S/C13H14FN/c14-13-8-11(6-7-12(13)9-15)10-4-2-1-3-5-10/h6-8,10H,1-5H2. The molecule has 0 N–H and O–H groups in total. The van der Waals surface area contributed by atoms with E-state index in [9.17, 15) is 4.39 Å². The van der Waals surface area contributed by atoms with Gasteiger partial charge in [-0.3, -0.25) is 0 Å². The molecule has 0 saturated heterocycles. The number of halogens is 1. The highest BCUT2D eigenvalue weighted by Crippen LogP contribution is 2.33. The lowest BCUT2D eigenvalue weighted by Gasteiger charge is -2.21. The molecule has 1 aliphatic rings. The van der Waals surface area contributed by atoms with Gasteiger partial charge in [-0.2, -0.15) is 5.26 Å². The number of nitriles is 1. The second-order valence-electron chi connectivity index (χ2n) is 4.19. The summed E-state index contributed by atoms with van der Waals surface area (Å²) in [6.07, 6.45) is 6.10. The van der Waals surface area contributed by atoms with Crippen molar-refractivity contribution in [3.63, 3.8) is 0 Å². The molecule has 0 unspecified atom stereocenters. The lowest BCUT2D eigenvalue weighted by molar-refractivity contribution is 0.442. The van der Waals surface area contributed by atoms with E-state index in [0.29, 0.717) is 5.92 Å². The van der Waals surface area contributed by atoms with Crippen LogP contribution in [0.1, 0.15) is 49.1 Å². The van der Waals surface area contributed by atoms with Gasteiger partial charge in [-0.1, -0.05) is 25.3 Å². The Balaban J connectivity index is 2.22. The highest BCUT2D eigenvalue weighted by molar-refractivity contribution is 5.34. The first-order valence-corrected chi connectivity index (χ1v) is 5.51. The van der Waals surface area contributed by atoms with Crippen LogP contribution < -0.4 is 0 Å². The van der Waals surface area contributed by atoms with Crippen molar-refractivity contribution in [1.82, 2.24) is 0 Å². The van der Waals surface area contributed by atoms with Crippen LogP contribution in [0, 0.1) is 17.1 Å². The highest BCUT2D eigenvalue weighted by atomic mass is 19.1. The molecule has 0 heterocycles. The van der Waals surface area contributed by atoms with Gasteiger partial charge in [-0.25, -0.2) is 4.39 Å². The molecule has 0 bridgehead atoms. The van der Waals surface area contributed by atoms with Crippen LogP contribution in [0.2, 0.25) is 0 Å². The van der Waals surface area contributed by atoms with Gasteiger partial charge >= 0.3 is 0 Å². The average Bonchev–Trinajstić information content (AvgIpc) is 2.30. The monoisotopic (exact) mass is 203 g/mol. The molecular weight excluding hydrogens is 189 g/mol. The Bertz CT molecular complexity index is 386. The van der Waals surface area contributed by atoms with Crippen molar-refractivity contribution in [3.8, 4) is 6.07 Å². The third-order valence-electron chi connectivity index (χ3n) is 3.19. The number of hydrogen-bond donors (Lipinski definition) is 0. The zero-order chi connectivity index (χ0) is 10.7. The Morgan fingerprint density at radius 1 is 1.20 bits per heavy atom. The van der Waals surface area contributed by atoms with Crippen LogP contribution in [-0.4, -0.2) is 0 Å². The molecular formula is C13H14FN. The molecule has 0 spiro atoms. The first-order chi connectivity index (χ1) is 7.31. The van der Waals surface area contributed by atoms with Crippen LogP contribution in [0.5, 0.6) is 0 Å². The molecule has 0 aliphatic heterocycles. The Kier molecular flexibility index (Phi) is 3.01. The third kappa shape index (κ3) is 2.18. The fourth-order valence-corrected chi connectivity index (χ4v) is 2.31. The molecule has 0 amide bonds. The molecule has 0 radical (unpaired) electrons. The van der Waals surface area contributed by atoms with E-state index in [1.807, 2.05) is 12.1 Å². The quantitative estimate of drug-likeness (QED) is 0.682. The summed E-state index contributed by atoms with van der Waals surface area (Å²) in [5.74, 6) is 0.126. The van der Waals surface area contributed by atoms with Gasteiger partial charge in [0.05, 0.1) is 5.56 Å². The molecule has 15 heavy (non-hydrogen) atoms. The molecule has 2 rings (SSSR count). The molecule has 1 saturated carbocycles. The van der Waals surface area contributed by atoms with Gasteiger partial charge in [0.1, 0.15) is 11.9 Å². The lowest BCUT2D eigenvalue weighted by atomic mass is 9.84. The summed E-state index contributed by atoms with van der Waals surface area (Å²) in [5.41, 5.74) is 1.21. The van der Waals surface area contributed by atoms with Crippen molar-refractivity contribution in [2.24, 2.45) is 0 Å². The summed E-state index contributed by atoms with van der Waals surface area (Å²) in [5, 5.41) is 8.63. The Morgan fingerprint density at radius 3 is 2.53 bits per heavy atom. The second kappa shape index (κ2) is 4.44. The summed E-state index contributed by atoms with van der Waals surface area (Å²) < 4.78 is 13.4. The van der Waals surface area contributed by atoms with E-state index in [0.717, 1.165) is 18.4 Å². The average molecular weight is 203 g/mol. The van der Waals surface area contributed by atoms with Crippen molar-refractivity contribution < 1.29 is 4.39 Å². The third-order valence-corrected chi connectivity index (χ3v) is 3.19. The summed E-state index contributed by atoms with van der Waals surface area (Å²) in [7, 11) is 0. The fraction of sp³-hybridized carbons (Fsp3) is 0.462. The van der Waals surface area contributed by atoms with Gasteiger partial charge in [-0.05, 0) is 36.5 Å². The molecule has 1 aliphatic carbocycles. The van der Waals surface area contributed by atoms with E-state index < -0.39 is 0 Å². The van der Waals surface area contributed by atoms with Crippen LogP contribution in [0.3, 0.4) is 0 Å². The van der Waals surface area contributed by atoms with Gasteiger partial charge in [0.25, 0.3) is 0 Å². The zero-order valence-electron chi connectivity index (χ0n) is 8.67. The number of rotatable bonds is 1. The molecule has 0 aromatic heterocycles. The van der Waals surface area contributed by atoms with Gasteiger partial charge in [-0.15, -0.1) is 0 Å². The molecule has 78 valence electrons. The first kappa shape index (κ1) is 10.2. The van der Waals surface area contributed by atoms with E-state index in [1.165, 1.54) is 25.3 Å². The zero-order valence-corrected chi connectivity index (χ0v) is 8.67. The van der Waals surface area contributed by atoms with Crippen molar-refractivity contribution in [3.05, 3.63) is 35.1 Å². The highest BCUT2D eigenvalue weighted by Gasteiger charge is 2.16.